The zero-order chi connectivity index (χ0) is 23.1. The van der Waals surface area contributed by atoms with E-state index < -0.39 is 5.72 Å². The monoisotopic (exact) mass is 443 g/mol. The standard InChI is InChI=1S/C29H33NO3/c1-2-3-4-10-21-33-27-14-9-8-13-26(27)22-30(29(32)19-20-29)28(31)25-17-15-24(16-18-25)23-11-6-5-7-12-23/h5-9,11-18,32H,2-4,10,19-22H2,1H3. The lowest BCUT2D eigenvalue weighted by molar-refractivity contribution is -0.0150. The van der Waals surface area contributed by atoms with Gasteiger partial charge < -0.3 is 14.7 Å². The summed E-state index contributed by atoms with van der Waals surface area (Å²) in [5.41, 5.74) is 2.59. The maximum atomic E-state index is 13.5. The van der Waals surface area contributed by atoms with Crippen LogP contribution < -0.4 is 4.74 Å². The number of unbranched alkanes of at least 4 members (excludes halogenated alkanes) is 3. The highest BCUT2D eigenvalue weighted by Crippen LogP contribution is 2.41. The van der Waals surface area contributed by atoms with Crippen LogP contribution in [-0.4, -0.2) is 28.2 Å². The number of hydrogen-bond acceptors (Lipinski definition) is 3. The minimum absolute atomic E-state index is 0.160. The molecule has 0 radical (unpaired) electrons. The Hall–Kier alpha value is -3.11. The Morgan fingerprint density at radius 2 is 1.55 bits per heavy atom. The maximum Gasteiger partial charge on any atom is 0.256 e. The van der Waals surface area contributed by atoms with E-state index in [0.717, 1.165) is 35.3 Å². The highest BCUT2D eigenvalue weighted by atomic mass is 16.5. The first-order valence-corrected chi connectivity index (χ1v) is 12.0. The molecule has 33 heavy (non-hydrogen) atoms. The molecule has 4 rings (SSSR count). The number of amides is 1. The predicted molar refractivity (Wildman–Crippen MR) is 132 cm³/mol. The van der Waals surface area contributed by atoms with Gasteiger partial charge in [0.25, 0.3) is 5.91 Å². The molecule has 3 aromatic rings. The number of aliphatic hydroxyl groups is 1. The third-order valence-electron chi connectivity index (χ3n) is 6.24. The average Bonchev–Trinajstić information content (AvgIpc) is 3.61. The van der Waals surface area contributed by atoms with E-state index in [1.54, 1.807) is 4.90 Å². The minimum Gasteiger partial charge on any atom is -0.493 e. The summed E-state index contributed by atoms with van der Waals surface area (Å²) in [6.45, 7) is 3.18. The van der Waals surface area contributed by atoms with E-state index in [4.69, 9.17) is 4.74 Å². The van der Waals surface area contributed by atoms with Crippen LogP contribution in [0.4, 0.5) is 0 Å². The number of ether oxygens (including phenoxy) is 1. The van der Waals surface area contributed by atoms with Gasteiger partial charge in [0.05, 0.1) is 13.2 Å². The van der Waals surface area contributed by atoms with E-state index in [-0.39, 0.29) is 5.91 Å². The lowest BCUT2D eigenvalue weighted by atomic mass is 10.0. The molecule has 0 spiro atoms. The van der Waals surface area contributed by atoms with Gasteiger partial charge in [0.2, 0.25) is 0 Å². The van der Waals surface area contributed by atoms with Gasteiger partial charge in [0, 0.05) is 11.1 Å². The van der Waals surface area contributed by atoms with Gasteiger partial charge in [-0.2, -0.15) is 0 Å². The fourth-order valence-electron chi connectivity index (χ4n) is 4.04. The lowest BCUT2D eigenvalue weighted by Gasteiger charge is -2.29. The molecule has 3 aromatic carbocycles. The third kappa shape index (κ3) is 5.82. The van der Waals surface area contributed by atoms with Gasteiger partial charge in [-0.05, 0) is 48.6 Å². The van der Waals surface area contributed by atoms with Crippen molar-refractivity contribution >= 4 is 5.91 Å². The van der Waals surface area contributed by atoms with Crippen LogP contribution in [-0.2, 0) is 6.54 Å². The van der Waals surface area contributed by atoms with Crippen molar-refractivity contribution in [1.29, 1.82) is 0 Å². The number of para-hydroxylation sites is 1. The first kappa shape index (κ1) is 23.1. The molecule has 1 N–H and O–H groups in total. The number of benzene rings is 3. The molecule has 0 atom stereocenters. The second kappa shape index (κ2) is 10.7. The first-order chi connectivity index (χ1) is 16.1. The first-order valence-electron chi connectivity index (χ1n) is 12.0. The van der Waals surface area contributed by atoms with Crippen LogP contribution in [0.15, 0.2) is 78.9 Å². The van der Waals surface area contributed by atoms with Crippen molar-refractivity contribution in [2.24, 2.45) is 0 Å². The van der Waals surface area contributed by atoms with Crippen LogP contribution >= 0.6 is 0 Å². The summed E-state index contributed by atoms with van der Waals surface area (Å²) < 4.78 is 6.05. The Bertz CT molecular complexity index is 1040. The average molecular weight is 444 g/mol. The molecule has 1 aliphatic carbocycles. The van der Waals surface area contributed by atoms with Crippen LogP contribution in [0.5, 0.6) is 5.75 Å². The van der Waals surface area contributed by atoms with E-state index in [1.807, 2.05) is 66.7 Å². The Kier molecular flexibility index (Phi) is 7.46. The van der Waals surface area contributed by atoms with Crippen molar-refractivity contribution in [2.45, 2.75) is 57.7 Å². The summed E-state index contributed by atoms with van der Waals surface area (Å²) in [4.78, 5) is 15.1. The summed E-state index contributed by atoms with van der Waals surface area (Å²) in [6, 6.07) is 25.5. The molecule has 1 saturated carbocycles. The van der Waals surface area contributed by atoms with Gasteiger partial charge in [0.15, 0.2) is 0 Å². The molecule has 0 bridgehead atoms. The second-order valence-corrected chi connectivity index (χ2v) is 8.83. The van der Waals surface area contributed by atoms with E-state index in [9.17, 15) is 9.90 Å². The van der Waals surface area contributed by atoms with Crippen molar-refractivity contribution in [3.05, 3.63) is 90.0 Å². The van der Waals surface area contributed by atoms with Crippen molar-refractivity contribution in [3.63, 3.8) is 0 Å². The van der Waals surface area contributed by atoms with E-state index in [1.165, 1.54) is 12.8 Å². The number of hydrogen-bond donors (Lipinski definition) is 1. The molecule has 172 valence electrons. The molecule has 4 nitrogen and oxygen atoms in total. The summed E-state index contributed by atoms with van der Waals surface area (Å²) in [6.07, 6.45) is 5.77. The van der Waals surface area contributed by atoms with Gasteiger partial charge >= 0.3 is 0 Å². The number of nitrogens with zero attached hydrogens (tertiary/aromatic N) is 1. The molecule has 1 fully saturated rings. The minimum atomic E-state index is -1.08. The predicted octanol–water partition coefficient (Wildman–Crippen LogP) is 6.44. The molecule has 0 unspecified atom stereocenters. The van der Waals surface area contributed by atoms with Crippen LogP contribution in [0.3, 0.4) is 0 Å². The summed E-state index contributed by atoms with van der Waals surface area (Å²) in [7, 11) is 0. The molecule has 1 amide bonds. The SMILES string of the molecule is CCCCCCOc1ccccc1CN(C(=O)c1ccc(-c2ccccc2)cc1)C1(O)CC1. The third-order valence-corrected chi connectivity index (χ3v) is 6.24. The van der Waals surface area contributed by atoms with E-state index in [2.05, 4.69) is 19.1 Å². The van der Waals surface area contributed by atoms with Crippen molar-refractivity contribution < 1.29 is 14.6 Å². The van der Waals surface area contributed by atoms with E-state index >= 15 is 0 Å². The Morgan fingerprint density at radius 3 is 2.24 bits per heavy atom. The zero-order valence-corrected chi connectivity index (χ0v) is 19.4. The summed E-state index contributed by atoms with van der Waals surface area (Å²) >= 11 is 0. The summed E-state index contributed by atoms with van der Waals surface area (Å²) in [5.74, 6) is 0.628. The van der Waals surface area contributed by atoms with Crippen molar-refractivity contribution in [2.75, 3.05) is 6.61 Å². The molecule has 0 saturated heterocycles. The Balaban J connectivity index is 1.49. The zero-order valence-electron chi connectivity index (χ0n) is 19.4. The molecule has 0 aliphatic heterocycles. The number of carbonyl (C=O) groups excluding carboxylic acids is 1. The topological polar surface area (TPSA) is 49.8 Å². The fourth-order valence-corrected chi connectivity index (χ4v) is 4.04. The Morgan fingerprint density at radius 1 is 0.879 bits per heavy atom. The lowest BCUT2D eigenvalue weighted by Crippen LogP contribution is -2.41. The maximum absolute atomic E-state index is 13.5. The van der Waals surface area contributed by atoms with E-state index in [0.29, 0.717) is 31.6 Å². The highest BCUT2D eigenvalue weighted by Gasteiger charge is 2.49. The van der Waals surface area contributed by atoms with Gasteiger partial charge in [-0.1, -0.05) is 86.8 Å². The fraction of sp³-hybridized carbons (Fsp3) is 0.345. The quantitative estimate of drug-likeness (QED) is 0.274. The smallest absolute Gasteiger partial charge is 0.256 e. The molecular formula is C29H33NO3. The molecule has 0 heterocycles. The normalized spacial score (nSPS) is 14.0. The molecular weight excluding hydrogens is 410 g/mol. The molecule has 4 heteroatoms. The van der Waals surface area contributed by atoms with Gasteiger partial charge in [-0.25, -0.2) is 0 Å². The van der Waals surface area contributed by atoms with Gasteiger partial charge in [-0.15, -0.1) is 0 Å². The van der Waals surface area contributed by atoms with Crippen LogP contribution in [0.1, 0.15) is 61.4 Å². The largest absolute Gasteiger partial charge is 0.493 e. The molecule has 1 aliphatic rings. The van der Waals surface area contributed by atoms with Crippen LogP contribution in [0.25, 0.3) is 11.1 Å². The Labute approximate surface area is 196 Å². The van der Waals surface area contributed by atoms with Crippen molar-refractivity contribution in [3.8, 4) is 16.9 Å². The van der Waals surface area contributed by atoms with Crippen LogP contribution in [0.2, 0.25) is 0 Å². The second-order valence-electron chi connectivity index (χ2n) is 8.83. The van der Waals surface area contributed by atoms with Gasteiger partial charge in [-0.3, -0.25) is 4.79 Å². The number of rotatable bonds is 11. The highest BCUT2D eigenvalue weighted by molar-refractivity contribution is 5.95. The van der Waals surface area contributed by atoms with Crippen molar-refractivity contribution in [1.82, 2.24) is 4.90 Å². The number of carbonyl (C=O) groups is 1. The van der Waals surface area contributed by atoms with Gasteiger partial charge in [0.1, 0.15) is 11.5 Å². The van der Waals surface area contributed by atoms with Crippen LogP contribution in [0, 0.1) is 0 Å². The summed E-state index contributed by atoms with van der Waals surface area (Å²) in [5, 5.41) is 10.9. The molecule has 0 aromatic heterocycles.